The average molecular weight is 309 g/mol. The molecule has 1 aliphatic rings. The van der Waals surface area contributed by atoms with Crippen LogP contribution in [0.4, 0.5) is 13.2 Å². The zero-order valence-electron chi connectivity index (χ0n) is 12.1. The second-order valence-corrected chi connectivity index (χ2v) is 5.69. The molecule has 21 heavy (non-hydrogen) atoms. The van der Waals surface area contributed by atoms with Crippen LogP contribution in [0.15, 0.2) is 0 Å². The lowest BCUT2D eigenvalue weighted by Crippen LogP contribution is -2.42. The van der Waals surface area contributed by atoms with E-state index in [-0.39, 0.29) is 19.3 Å². The van der Waals surface area contributed by atoms with Gasteiger partial charge in [-0.25, -0.2) is 0 Å². The van der Waals surface area contributed by atoms with Gasteiger partial charge in [-0.2, -0.15) is 13.2 Å². The third kappa shape index (κ3) is 5.93. The fourth-order valence-corrected chi connectivity index (χ4v) is 2.83. The van der Waals surface area contributed by atoms with Crippen LogP contribution in [0, 0.1) is 11.8 Å². The summed E-state index contributed by atoms with van der Waals surface area (Å²) >= 11 is 0. The van der Waals surface area contributed by atoms with E-state index in [1.165, 1.54) is 0 Å². The Kier molecular flexibility index (Phi) is 6.48. The van der Waals surface area contributed by atoms with E-state index in [4.69, 9.17) is 5.11 Å². The van der Waals surface area contributed by atoms with Crippen molar-refractivity contribution in [1.29, 1.82) is 0 Å². The highest BCUT2D eigenvalue weighted by Crippen LogP contribution is 2.39. The zero-order chi connectivity index (χ0) is 16.0. The van der Waals surface area contributed by atoms with E-state index in [1.807, 2.05) is 6.92 Å². The van der Waals surface area contributed by atoms with E-state index < -0.39 is 35.9 Å². The minimum absolute atomic E-state index is 0.0702. The lowest BCUT2D eigenvalue weighted by atomic mass is 9.80. The summed E-state index contributed by atoms with van der Waals surface area (Å²) in [4.78, 5) is 22.8. The first-order chi connectivity index (χ1) is 9.74. The van der Waals surface area contributed by atoms with E-state index >= 15 is 0 Å². The molecule has 3 unspecified atom stereocenters. The fourth-order valence-electron chi connectivity index (χ4n) is 2.83. The summed E-state index contributed by atoms with van der Waals surface area (Å²) in [7, 11) is 0. The molecule has 1 saturated carbocycles. The average Bonchev–Trinajstić information content (AvgIpc) is 2.37. The lowest BCUT2D eigenvalue weighted by molar-refractivity contribution is -0.186. The van der Waals surface area contributed by atoms with Gasteiger partial charge >= 0.3 is 12.1 Å². The van der Waals surface area contributed by atoms with E-state index in [9.17, 15) is 22.8 Å². The van der Waals surface area contributed by atoms with Gasteiger partial charge in [0.05, 0.1) is 12.3 Å². The monoisotopic (exact) mass is 309 g/mol. The topological polar surface area (TPSA) is 66.4 Å². The van der Waals surface area contributed by atoms with Crippen LogP contribution in [0.3, 0.4) is 0 Å². The van der Waals surface area contributed by atoms with Crippen LogP contribution in [-0.4, -0.2) is 29.2 Å². The van der Waals surface area contributed by atoms with Crippen molar-refractivity contribution >= 4 is 11.9 Å². The van der Waals surface area contributed by atoms with Crippen molar-refractivity contribution in [2.75, 3.05) is 0 Å². The molecule has 1 amide bonds. The largest absolute Gasteiger partial charge is 0.481 e. The molecule has 0 aliphatic heterocycles. The number of hydrogen-bond donors (Lipinski definition) is 2. The summed E-state index contributed by atoms with van der Waals surface area (Å²) in [5.41, 5.74) is 0. The number of carboxylic acid groups (broad SMARTS) is 1. The lowest BCUT2D eigenvalue weighted by Gasteiger charge is -2.30. The number of halogens is 3. The van der Waals surface area contributed by atoms with Crippen LogP contribution in [0.2, 0.25) is 0 Å². The normalized spacial score (nSPS) is 24.4. The Morgan fingerprint density at radius 2 is 2.00 bits per heavy atom. The molecule has 122 valence electrons. The number of rotatable bonds is 6. The second-order valence-electron chi connectivity index (χ2n) is 5.69. The van der Waals surface area contributed by atoms with E-state index in [1.54, 1.807) is 0 Å². The Morgan fingerprint density at radius 1 is 1.33 bits per heavy atom. The second kappa shape index (κ2) is 7.66. The maximum absolute atomic E-state index is 12.7. The molecule has 3 atom stereocenters. The van der Waals surface area contributed by atoms with Crippen molar-refractivity contribution in [1.82, 2.24) is 5.32 Å². The number of carbonyl (C=O) groups excluding carboxylic acids is 1. The molecule has 1 rings (SSSR count). The highest BCUT2D eigenvalue weighted by molar-refractivity contribution is 5.79. The van der Waals surface area contributed by atoms with E-state index in [0.29, 0.717) is 25.7 Å². The molecule has 7 heteroatoms. The zero-order valence-corrected chi connectivity index (χ0v) is 12.1. The van der Waals surface area contributed by atoms with Gasteiger partial charge in [-0.05, 0) is 25.7 Å². The van der Waals surface area contributed by atoms with Gasteiger partial charge in [0.25, 0.3) is 0 Å². The number of amides is 1. The number of carbonyl (C=O) groups is 2. The van der Waals surface area contributed by atoms with Crippen LogP contribution >= 0.6 is 0 Å². The molecule has 1 fully saturated rings. The third-order valence-electron chi connectivity index (χ3n) is 3.91. The molecule has 0 heterocycles. The van der Waals surface area contributed by atoms with Crippen LogP contribution < -0.4 is 5.32 Å². The molecule has 0 aromatic carbocycles. The van der Waals surface area contributed by atoms with Crippen molar-refractivity contribution in [3.05, 3.63) is 0 Å². The van der Waals surface area contributed by atoms with Gasteiger partial charge in [-0.15, -0.1) is 0 Å². The van der Waals surface area contributed by atoms with Crippen LogP contribution in [0.25, 0.3) is 0 Å². The van der Waals surface area contributed by atoms with Crippen molar-refractivity contribution in [2.24, 2.45) is 11.8 Å². The molecule has 2 N–H and O–H groups in total. The highest BCUT2D eigenvalue weighted by atomic mass is 19.4. The van der Waals surface area contributed by atoms with Crippen molar-refractivity contribution < 1.29 is 27.9 Å². The predicted octanol–water partition coefficient (Wildman–Crippen LogP) is 3.11. The van der Waals surface area contributed by atoms with Crippen molar-refractivity contribution in [3.8, 4) is 0 Å². The van der Waals surface area contributed by atoms with Crippen LogP contribution in [0.1, 0.15) is 51.9 Å². The molecule has 0 bridgehead atoms. The molecule has 0 saturated heterocycles. The van der Waals surface area contributed by atoms with Crippen molar-refractivity contribution in [2.45, 2.75) is 64.1 Å². The van der Waals surface area contributed by atoms with E-state index in [0.717, 1.165) is 0 Å². The molecular weight excluding hydrogens is 287 g/mol. The van der Waals surface area contributed by atoms with Gasteiger partial charge in [-0.3, -0.25) is 9.59 Å². The Hall–Kier alpha value is -1.27. The van der Waals surface area contributed by atoms with Gasteiger partial charge in [0, 0.05) is 12.0 Å². The summed E-state index contributed by atoms with van der Waals surface area (Å²) in [6.45, 7) is 1.86. The summed E-state index contributed by atoms with van der Waals surface area (Å²) in [6.07, 6.45) is -2.56. The minimum atomic E-state index is -4.26. The first-order valence-electron chi connectivity index (χ1n) is 7.32. The number of hydrogen-bond acceptors (Lipinski definition) is 2. The molecule has 0 spiro atoms. The SMILES string of the molecule is CCCC(CC(=O)O)NC(=O)C1CCCC(C(F)(F)F)C1. The summed E-state index contributed by atoms with van der Waals surface area (Å²) in [5, 5.41) is 11.4. The van der Waals surface area contributed by atoms with Crippen molar-refractivity contribution in [3.63, 3.8) is 0 Å². The van der Waals surface area contributed by atoms with E-state index in [2.05, 4.69) is 5.32 Å². The Labute approximate surface area is 122 Å². The summed E-state index contributed by atoms with van der Waals surface area (Å²) in [6, 6.07) is -0.508. The first kappa shape index (κ1) is 17.8. The molecule has 4 nitrogen and oxygen atoms in total. The molecule has 0 aromatic heterocycles. The Bertz CT molecular complexity index is 371. The minimum Gasteiger partial charge on any atom is -0.481 e. The van der Waals surface area contributed by atoms with Gasteiger partial charge in [0.15, 0.2) is 0 Å². The maximum atomic E-state index is 12.7. The quantitative estimate of drug-likeness (QED) is 0.792. The molecule has 0 radical (unpaired) electrons. The van der Waals surface area contributed by atoms with Gasteiger partial charge in [0.1, 0.15) is 0 Å². The highest BCUT2D eigenvalue weighted by Gasteiger charge is 2.43. The number of nitrogens with one attached hydrogen (secondary N) is 1. The maximum Gasteiger partial charge on any atom is 0.391 e. The van der Waals surface area contributed by atoms with Gasteiger partial charge in [0.2, 0.25) is 5.91 Å². The molecular formula is C14H22F3NO3. The predicted molar refractivity (Wildman–Crippen MR) is 70.6 cm³/mol. The summed E-state index contributed by atoms with van der Waals surface area (Å²) in [5.74, 6) is -3.56. The van der Waals surface area contributed by atoms with Crippen LogP contribution in [-0.2, 0) is 9.59 Å². The Balaban J connectivity index is 2.58. The van der Waals surface area contributed by atoms with Crippen LogP contribution in [0.5, 0.6) is 0 Å². The third-order valence-corrected chi connectivity index (χ3v) is 3.91. The fraction of sp³-hybridized carbons (Fsp3) is 0.857. The van der Waals surface area contributed by atoms with Gasteiger partial charge < -0.3 is 10.4 Å². The number of aliphatic carboxylic acids is 1. The first-order valence-corrected chi connectivity index (χ1v) is 7.32. The molecule has 1 aliphatic carbocycles. The number of carboxylic acids is 1. The number of alkyl halides is 3. The smallest absolute Gasteiger partial charge is 0.391 e. The van der Waals surface area contributed by atoms with Gasteiger partial charge in [-0.1, -0.05) is 19.8 Å². The standard InChI is InChI=1S/C14H22F3NO3/c1-2-4-11(8-12(19)20)18-13(21)9-5-3-6-10(7-9)14(15,16)17/h9-11H,2-8H2,1H3,(H,18,21)(H,19,20). The Morgan fingerprint density at radius 3 is 2.52 bits per heavy atom. The molecule has 0 aromatic rings. The summed E-state index contributed by atoms with van der Waals surface area (Å²) < 4.78 is 38.2.